The van der Waals surface area contributed by atoms with Gasteiger partial charge in [0.2, 0.25) is 5.91 Å². The highest BCUT2D eigenvalue weighted by molar-refractivity contribution is 5.96. The van der Waals surface area contributed by atoms with Crippen LogP contribution in [0.3, 0.4) is 0 Å². The topological polar surface area (TPSA) is 86.7 Å². The van der Waals surface area contributed by atoms with Crippen molar-refractivity contribution in [2.24, 2.45) is 5.41 Å². The Bertz CT molecular complexity index is 346. The van der Waals surface area contributed by atoms with Gasteiger partial charge in [0.1, 0.15) is 0 Å². The summed E-state index contributed by atoms with van der Waals surface area (Å²) in [4.78, 5) is 35.8. The van der Waals surface area contributed by atoms with Crippen LogP contribution in [0.4, 0.5) is 4.79 Å². The van der Waals surface area contributed by atoms with Crippen LogP contribution in [0.5, 0.6) is 0 Å². The molecule has 1 heterocycles. The Kier molecular flexibility index (Phi) is 4.69. The number of aliphatic carboxylic acids is 1. The second-order valence-electron chi connectivity index (χ2n) is 5.27. The highest BCUT2D eigenvalue weighted by Gasteiger charge is 2.31. The van der Waals surface area contributed by atoms with Gasteiger partial charge in [-0.05, 0) is 33.1 Å². The third-order valence-corrected chi connectivity index (χ3v) is 3.07. The van der Waals surface area contributed by atoms with E-state index < -0.39 is 23.3 Å². The van der Waals surface area contributed by atoms with Crippen molar-refractivity contribution in [2.75, 3.05) is 13.1 Å². The number of hydrogen-bond acceptors (Lipinski definition) is 3. The number of hydrogen-bond donors (Lipinski definition) is 2. The Balaban J connectivity index is 2.44. The van der Waals surface area contributed by atoms with Gasteiger partial charge in [-0.2, -0.15) is 0 Å². The zero-order valence-electron chi connectivity index (χ0n) is 10.9. The maximum Gasteiger partial charge on any atom is 0.324 e. The molecular weight excluding hydrogens is 236 g/mol. The molecule has 0 saturated carbocycles. The zero-order valence-corrected chi connectivity index (χ0v) is 10.9. The van der Waals surface area contributed by atoms with Crippen LogP contribution < -0.4 is 5.32 Å². The number of likely N-dealkylation sites (tertiary alicyclic amines) is 1. The number of imide groups is 1. The fourth-order valence-corrected chi connectivity index (χ4v) is 1.82. The van der Waals surface area contributed by atoms with Gasteiger partial charge in [-0.25, -0.2) is 4.79 Å². The van der Waals surface area contributed by atoms with Gasteiger partial charge in [0, 0.05) is 19.5 Å². The largest absolute Gasteiger partial charge is 0.481 e. The van der Waals surface area contributed by atoms with Crippen molar-refractivity contribution in [3.8, 4) is 0 Å². The van der Waals surface area contributed by atoms with Crippen LogP contribution in [0.25, 0.3) is 0 Å². The zero-order chi connectivity index (χ0) is 13.8. The molecule has 6 heteroatoms. The molecule has 0 radical (unpaired) electrons. The molecule has 1 saturated heterocycles. The molecule has 1 aliphatic rings. The molecule has 0 aromatic heterocycles. The first-order valence-electron chi connectivity index (χ1n) is 6.15. The van der Waals surface area contributed by atoms with Gasteiger partial charge in [-0.15, -0.1) is 0 Å². The Morgan fingerprint density at radius 2 is 1.72 bits per heavy atom. The van der Waals surface area contributed by atoms with E-state index in [2.05, 4.69) is 5.32 Å². The van der Waals surface area contributed by atoms with Crippen molar-refractivity contribution >= 4 is 17.9 Å². The minimum atomic E-state index is -1.16. The van der Waals surface area contributed by atoms with Crippen LogP contribution in [-0.4, -0.2) is 41.0 Å². The van der Waals surface area contributed by atoms with Gasteiger partial charge < -0.3 is 10.0 Å². The lowest BCUT2D eigenvalue weighted by Crippen LogP contribution is -2.46. The van der Waals surface area contributed by atoms with Gasteiger partial charge in [0.15, 0.2) is 0 Å². The summed E-state index contributed by atoms with van der Waals surface area (Å²) in [6.45, 7) is 4.23. The lowest BCUT2D eigenvalue weighted by atomic mass is 9.89. The van der Waals surface area contributed by atoms with Crippen molar-refractivity contribution in [3.63, 3.8) is 0 Å². The predicted octanol–water partition coefficient (Wildman–Crippen LogP) is 1.21. The number of nitrogens with one attached hydrogen (secondary N) is 1. The first-order valence-corrected chi connectivity index (χ1v) is 6.15. The molecule has 1 rings (SSSR count). The number of carboxylic acid groups (broad SMARTS) is 1. The Morgan fingerprint density at radius 3 is 2.22 bits per heavy atom. The summed E-state index contributed by atoms with van der Waals surface area (Å²) >= 11 is 0. The predicted molar refractivity (Wildman–Crippen MR) is 65.0 cm³/mol. The molecule has 0 aromatic rings. The summed E-state index contributed by atoms with van der Waals surface area (Å²) in [5, 5.41) is 11.1. The van der Waals surface area contributed by atoms with Crippen molar-refractivity contribution < 1.29 is 19.5 Å². The van der Waals surface area contributed by atoms with Crippen LogP contribution in [-0.2, 0) is 9.59 Å². The average molecular weight is 256 g/mol. The average Bonchev–Trinajstić information content (AvgIpc) is 2.29. The quantitative estimate of drug-likeness (QED) is 0.794. The molecule has 6 nitrogen and oxygen atoms in total. The van der Waals surface area contributed by atoms with Crippen LogP contribution in [0, 0.1) is 5.41 Å². The molecule has 0 bridgehead atoms. The molecule has 1 aliphatic heterocycles. The standard InChI is InChI=1S/C12H20N2O4/c1-12(2,10(16)17)8-9(15)13-11(18)14-6-4-3-5-7-14/h3-8H2,1-2H3,(H,16,17)(H,13,15,18). The van der Waals surface area contributed by atoms with E-state index in [-0.39, 0.29) is 6.42 Å². The number of piperidine rings is 1. The molecule has 2 N–H and O–H groups in total. The van der Waals surface area contributed by atoms with Gasteiger partial charge in [-0.1, -0.05) is 0 Å². The Labute approximate surface area is 106 Å². The molecule has 0 atom stereocenters. The number of nitrogens with zero attached hydrogens (tertiary/aromatic N) is 1. The lowest BCUT2D eigenvalue weighted by molar-refractivity contribution is -0.149. The molecule has 1 fully saturated rings. The number of amides is 3. The van der Waals surface area contributed by atoms with E-state index in [9.17, 15) is 14.4 Å². The van der Waals surface area contributed by atoms with E-state index in [4.69, 9.17) is 5.11 Å². The van der Waals surface area contributed by atoms with E-state index in [0.717, 1.165) is 19.3 Å². The maximum atomic E-state index is 11.7. The highest BCUT2D eigenvalue weighted by Crippen LogP contribution is 2.20. The molecule has 0 aliphatic carbocycles. The second-order valence-corrected chi connectivity index (χ2v) is 5.27. The molecule has 3 amide bonds. The van der Waals surface area contributed by atoms with Gasteiger partial charge in [0.05, 0.1) is 5.41 Å². The van der Waals surface area contributed by atoms with E-state index >= 15 is 0 Å². The minimum absolute atomic E-state index is 0.206. The summed E-state index contributed by atoms with van der Waals surface area (Å²) in [7, 11) is 0. The third-order valence-electron chi connectivity index (χ3n) is 3.07. The van der Waals surface area contributed by atoms with Crippen LogP contribution in [0.2, 0.25) is 0 Å². The first-order chi connectivity index (χ1) is 8.33. The smallest absolute Gasteiger partial charge is 0.324 e. The summed E-state index contributed by atoms with van der Waals surface area (Å²) < 4.78 is 0. The fourth-order valence-electron chi connectivity index (χ4n) is 1.82. The van der Waals surface area contributed by atoms with E-state index in [1.165, 1.54) is 13.8 Å². The lowest BCUT2D eigenvalue weighted by Gasteiger charge is -2.27. The minimum Gasteiger partial charge on any atom is -0.481 e. The SMILES string of the molecule is CC(C)(CC(=O)NC(=O)N1CCCCC1)C(=O)O. The number of carbonyl (C=O) groups is 3. The summed E-state index contributed by atoms with van der Waals surface area (Å²) in [5.41, 5.74) is -1.16. The van der Waals surface area contributed by atoms with E-state index in [1.54, 1.807) is 4.90 Å². The Hall–Kier alpha value is -1.59. The van der Waals surface area contributed by atoms with E-state index in [0.29, 0.717) is 13.1 Å². The normalized spacial score (nSPS) is 16.2. The van der Waals surface area contributed by atoms with Crippen LogP contribution in [0.15, 0.2) is 0 Å². The van der Waals surface area contributed by atoms with Crippen molar-refractivity contribution in [2.45, 2.75) is 39.5 Å². The third kappa shape index (κ3) is 4.01. The van der Waals surface area contributed by atoms with Crippen LogP contribution in [0.1, 0.15) is 39.5 Å². The number of carboxylic acids is 1. The number of urea groups is 1. The molecule has 102 valence electrons. The van der Waals surface area contributed by atoms with Gasteiger partial charge >= 0.3 is 12.0 Å². The fraction of sp³-hybridized carbons (Fsp3) is 0.750. The summed E-state index contributed by atoms with van der Waals surface area (Å²) in [5.74, 6) is -1.60. The highest BCUT2D eigenvalue weighted by atomic mass is 16.4. The van der Waals surface area contributed by atoms with Crippen molar-refractivity contribution in [1.82, 2.24) is 10.2 Å². The molecule has 18 heavy (non-hydrogen) atoms. The van der Waals surface area contributed by atoms with Gasteiger partial charge in [0.25, 0.3) is 0 Å². The van der Waals surface area contributed by atoms with Crippen molar-refractivity contribution in [3.05, 3.63) is 0 Å². The monoisotopic (exact) mass is 256 g/mol. The number of rotatable bonds is 3. The van der Waals surface area contributed by atoms with Crippen molar-refractivity contribution in [1.29, 1.82) is 0 Å². The van der Waals surface area contributed by atoms with E-state index in [1.807, 2.05) is 0 Å². The van der Waals surface area contributed by atoms with Crippen LogP contribution >= 0.6 is 0 Å². The molecule has 0 aromatic carbocycles. The van der Waals surface area contributed by atoms with Gasteiger partial charge in [-0.3, -0.25) is 14.9 Å². The second kappa shape index (κ2) is 5.84. The summed E-state index contributed by atoms with van der Waals surface area (Å²) in [6, 6.07) is -0.416. The summed E-state index contributed by atoms with van der Waals surface area (Å²) in [6.07, 6.45) is 2.79. The molecular formula is C12H20N2O4. The molecule has 0 unspecified atom stereocenters. The number of carbonyl (C=O) groups excluding carboxylic acids is 2. The first kappa shape index (κ1) is 14.5. The molecule has 0 spiro atoms. The maximum absolute atomic E-state index is 11.7. The Morgan fingerprint density at radius 1 is 1.17 bits per heavy atom.